The second kappa shape index (κ2) is 26.6. The van der Waals surface area contributed by atoms with E-state index in [9.17, 15) is 38.4 Å². The quantitative estimate of drug-likeness (QED) is 0.0227. The molecule has 0 fully saturated rings. The second-order valence-corrected chi connectivity index (χ2v) is 19.4. The molecule has 18 nitrogen and oxygen atoms in total. The molecule has 0 aromatic heterocycles. The molecule has 0 aliphatic heterocycles. The van der Waals surface area contributed by atoms with E-state index in [1.807, 2.05) is 91.0 Å². The Balaban J connectivity index is 0.857. The van der Waals surface area contributed by atoms with Crippen LogP contribution in [-0.4, -0.2) is 105 Å². The maximum absolute atomic E-state index is 13.4. The maximum atomic E-state index is 13.4. The highest BCUT2D eigenvalue weighted by Gasteiger charge is 2.32. The van der Waals surface area contributed by atoms with Crippen LogP contribution in [0.4, 0.5) is 9.59 Å². The molecule has 7 rings (SSSR count). The molecule has 6 N–H and O–H groups in total. The van der Waals surface area contributed by atoms with Crippen LogP contribution < -0.4 is 31.9 Å². The molecule has 5 aromatic rings. The summed E-state index contributed by atoms with van der Waals surface area (Å²) in [5, 5.41) is 15.3. The van der Waals surface area contributed by atoms with Gasteiger partial charge in [0, 0.05) is 24.8 Å². The molecule has 0 bridgehead atoms. The third-order valence-corrected chi connectivity index (χ3v) is 12.7. The summed E-state index contributed by atoms with van der Waals surface area (Å²) in [4.78, 5) is 104. The summed E-state index contributed by atoms with van der Waals surface area (Å²) in [7, 11) is 0. The van der Waals surface area contributed by atoms with E-state index >= 15 is 0 Å². The lowest BCUT2D eigenvalue weighted by molar-refractivity contribution is -0.158. The zero-order valence-corrected chi connectivity index (χ0v) is 42.8. The van der Waals surface area contributed by atoms with Gasteiger partial charge in [0.2, 0.25) is 23.6 Å². The van der Waals surface area contributed by atoms with Gasteiger partial charge in [-0.3, -0.25) is 24.0 Å². The number of esters is 2. The number of ether oxygens (including phenoxy) is 4. The maximum Gasteiger partial charge on any atom is 0.407 e. The minimum absolute atomic E-state index is 0.00215. The van der Waals surface area contributed by atoms with Crippen LogP contribution >= 0.6 is 0 Å². The Morgan fingerprint density at radius 2 is 0.961 bits per heavy atom. The summed E-state index contributed by atoms with van der Waals surface area (Å²) in [6.07, 6.45) is -1.14. The molecule has 76 heavy (non-hydrogen) atoms. The predicted octanol–water partition coefficient (Wildman–Crippen LogP) is 6.30. The number of fused-ring (bicyclic) bond motifs is 6. The molecule has 5 aromatic carbocycles. The van der Waals surface area contributed by atoms with Gasteiger partial charge in [-0.1, -0.05) is 127 Å². The highest BCUT2D eigenvalue weighted by atomic mass is 16.6. The summed E-state index contributed by atoms with van der Waals surface area (Å²) < 4.78 is 21.9. The number of amides is 6. The zero-order chi connectivity index (χ0) is 54.0. The third kappa shape index (κ3) is 15.7. The van der Waals surface area contributed by atoms with Gasteiger partial charge in [-0.15, -0.1) is 0 Å². The number of rotatable bonds is 24. The van der Waals surface area contributed by atoms with Crippen LogP contribution in [0.2, 0.25) is 0 Å². The van der Waals surface area contributed by atoms with Gasteiger partial charge in [0.25, 0.3) is 0 Å². The molecule has 2 atom stereocenters. The van der Waals surface area contributed by atoms with E-state index in [0.29, 0.717) is 12.8 Å². The molecule has 2 aliphatic carbocycles. The number of hydrogen-bond acceptors (Lipinski definition) is 12. The fourth-order valence-corrected chi connectivity index (χ4v) is 9.11. The van der Waals surface area contributed by atoms with Crippen molar-refractivity contribution in [2.24, 2.45) is 0 Å². The lowest BCUT2D eigenvalue weighted by atomic mass is 9.98. The van der Waals surface area contributed by atoms with Crippen molar-refractivity contribution >= 4 is 47.8 Å². The van der Waals surface area contributed by atoms with Gasteiger partial charge in [0.1, 0.15) is 50.6 Å². The first-order chi connectivity index (χ1) is 36.6. The Kier molecular flexibility index (Phi) is 19.3. The SMILES string of the molecule is CC(C)(C)OC(=O)C(CCC(=O)NCC(=O)NC(CCCCNC(=O)OCC1c2ccccc2-c2ccccc21)C(=O)NCC(=O)OCc1ccccc1)NC(=O)CNC(=O)OCC1c2ccccc2-c2ccccc21. The molecular weight excluding hydrogens is 973 g/mol. The van der Waals surface area contributed by atoms with Gasteiger partial charge >= 0.3 is 24.1 Å². The third-order valence-electron chi connectivity index (χ3n) is 12.7. The molecule has 0 saturated carbocycles. The van der Waals surface area contributed by atoms with E-state index in [2.05, 4.69) is 44.0 Å². The minimum Gasteiger partial charge on any atom is -0.460 e. The van der Waals surface area contributed by atoms with Crippen LogP contribution in [0.25, 0.3) is 22.3 Å². The molecular formula is C58H64N6O12. The van der Waals surface area contributed by atoms with Crippen molar-refractivity contribution in [3.63, 3.8) is 0 Å². The monoisotopic (exact) mass is 1040 g/mol. The largest absolute Gasteiger partial charge is 0.460 e. The van der Waals surface area contributed by atoms with Gasteiger partial charge in [-0.2, -0.15) is 0 Å². The highest BCUT2D eigenvalue weighted by molar-refractivity contribution is 5.92. The van der Waals surface area contributed by atoms with Crippen molar-refractivity contribution in [1.29, 1.82) is 0 Å². The molecule has 2 unspecified atom stereocenters. The molecule has 0 spiro atoms. The molecule has 6 amide bonds. The number of hydrogen-bond donors (Lipinski definition) is 6. The smallest absolute Gasteiger partial charge is 0.407 e. The standard InChI is InChI=1S/C58H64N6O12/c1-58(2,3)76-55(70)49(64-52(67)32-62-57(72)75-36-47-44-25-13-9-21-40(44)41-22-10-14-26-45(41)47)28-29-50(65)60-31-51(66)63-48(54(69)61-33-53(68)73-34-37-17-5-4-6-18-37)27-15-16-30-59-56(71)74-35-46-42-23-11-7-19-38(42)39-20-8-12-24-43(39)46/h4-14,17-26,46-49H,15-16,27-36H2,1-3H3,(H,59,71)(H,60,65)(H,61,69)(H,62,72)(H,63,66)(H,64,67). The van der Waals surface area contributed by atoms with Crippen LogP contribution in [0, 0.1) is 0 Å². The first kappa shape index (κ1) is 55.2. The van der Waals surface area contributed by atoms with Crippen molar-refractivity contribution in [2.75, 3.05) is 39.4 Å². The lowest BCUT2D eigenvalue weighted by Gasteiger charge is -2.24. The zero-order valence-electron chi connectivity index (χ0n) is 42.8. The minimum atomic E-state index is -1.30. The Labute approximate surface area is 441 Å². The van der Waals surface area contributed by atoms with Crippen LogP contribution in [0.3, 0.4) is 0 Å². The normalized spacial score (nSPS) is 13.0. The van der Waals surface area contributed by atoms with Gasteiger partial charge in [-0.05, 0) is 96.5 Å². The fraction of sp³-hybridized carbons (Fsp3) is 0.345. The van der Waals surface area contributed by atoms with Crippen molar-refractivity contribution < 1.29 is 57.3 Å². The summed E-state index contributed by atoms with van der Waals surface area (Å²) in [6.45, 7) is 3.73. The number of alkyl carbamates (subject to hydrolysis) is 2. The Morgan fingerprint density at radius 3 is 1.49 bits per heavy atom. The van der Waals surface area contributed by atoms with Crippen LogP contribution in [0.5, 0.6) is 0 Å². The topological polar surface area (TPSA) is 246 Å². The number of carbonyl (C=O) groups is 8. The number of unbranched alkanes of at least 4 members (excludes halogenated alkanes) is 1. The van der Waals surface area contributed by atoms with Crippen molar-refractivity contribution in [1.82, 2.24) is 31.9 Å². The summed E-state index contributed by atoms with van der Waals surface area (Å²) in [5.74, 6) is -4.63. The molecule has 18 heteroatoms. The van der Waals surface area contributed by atoms with Gasteiger partial charge < -0.3 is 50.8 Å². The van der Waals surface area contributed by atoms with E-state index in [1.165, 1.54) is 0 Å². The average Bonchev–Trinajstić information content (AvgIpc) is 3.93. The fourth-order valence-electron chi connectivity index (χ4n) is 9.11. The van der Waals surface area contributed by atoms with E-state index in [1.54, 1.807) is 45.0 Å². The summed E-state index contributed by atoms with van der Waals surface area (Å²) in [5.41, 5.74) is 8.36. The van der Waals surface area contributed by atoms with E-state index in [-0.39, 0.29) is 57.5 Å². The number of benzene rings is 5. The Hall–Kier alpha value is -8.54. The number of nitrogens with one attached hydrogen (secondary N) is 6. The van der Waals surface area contributed by atoms with E-state index < -0.39 is 85.1 Å². The van der Waals surface area contributed by atoms with Crippen molar-refractivity contribution in [3.05, 3.63) is 155 Å². The molecule has 398 valence electrons. The first-order valence-corrected chi connectivity index (χ1v) is 25.4. The second-order valence-electron chi connectivity index (χ2n) is 19.4. The highest BCUT2D eigenvalue weighted by Crippen LogP contribution is 2.45. The van der Waals surface area contributed by atoms with Gasteiger partial charge in [0.15, 0.2) is 0 Å². The number of carbonyl (C=O) groups excluding carboxylic acids is 8. The average molecular weight is 1040 g/mol. The van der Waals surface area contributed by atoms with Crippen LogP contribution in [0.15, 0.2) is 127 Å². The molecule has 0 radical (unpaired) electrons. The van der Waals surface area contributed by atoms with Crippen LogP contribution in [-0.2, 0) is 54.3 Å². The Morgan fingerprint density at radius 1 is 0.487 bits per heavy atom. The predicted molar refractivity (Wildman–Crippen MR) is 281 cm³/mol. The Bertz CT molecular complexity index is 2800. The first-order valence-electron chi connectivity index (χ1n) is 25.4. The van der Waals surface area contributed by atoms with Gasteiger partial charge in [-0.25, -0.2) is 14.4 Å². The van der Waals surface area contributed by atoms with E-state index in [4.69, 9.17) is 18.9 Å². The van der Waals surface area contributed by atoms with E-state index in [0.717, 1.165) is 50.1 Å². The van der Waals surface area contributed by atoms with Crippen LogP contribution in [0.1, 0.15) is 92.5 Å². The summed E-state index contributed by atoms with van der Waals surface area (Å²) >= 11 is 0. The lowest BCUT2D eigenvalue weighted by Crippen LogP contribution is -2.50. The van der Waals surface area contributed by atoms with Gasteiger partial charge in [0.05, 0.1) is 6.54 Å². The van der Waals surface area contributed by atoms with Crippen molar-refractivity contribution in [2.45, 2.75) is 89.0 Å². The summed E-state index contributed by atoms with van der Waals surface area (Å²) in [6, 6.07) is 38.3. The van der Waals surface area contributed by atoms with Crippen molar-refractivity contribution in [3.8, 4) is 22.3 Å². The molecule has 2 aliphatic rings. The molecule has 0 heterocycles. The molecule has 0 saturated heterocycles.